The molecule has 0 unspecified atom stereocenters. The van der Waals surface area contributed by atoms with Crippen LogP contribution in [0.2, 0.25) is 5.02 Å². The van der Waals surface area contributed by atoms with E-state index < -0.39 is 0 Å². The van der Waals surface area contributed by atoms with E-state index in [1.807, 2.05) is 36.4 Å². The molecule has 2 aromatic carbocycles. The number of nitrogens with two attached hydrogens (primary N) is 1. The van der Waals surface area contributed by atoms with Crippen LogP contribution >= 0.6 is 11.6 Å². The lowest BCUT2D eigenvalue weighted by atomic mass is 10.1. The number of nitrogens with zero attached hydrogens (tertiary/aromatic N) is 1. The Morgan fingerprint density at radius 2 is 1.81 bits per heavy atom. The maximum absolute atomic E-state index is 6.09. The minimum absolute atomic E-state index is 0.723. The molecule has 0 amide bonds. The lowest BCUT2D eigenvalue weighted by Crippen LogP contribution is -2.23. The first-order valence-electron chi connectivity index (χ1n) is 7.02. The molecule has 0 aliphatic heterocycles. The van der Waals surface area contributed by atoms with Gasteiger partial charge in [0.05, 0.1) is 7.11 Å². The topological polar surface area (TPSA) is 38.5 Å². The van der Waals surface area contributed by atoms with Crippen LogP contribution in [-0.2, 0) is 13.1 Å². The van der Waals surface area contributed by atoms with Crippen LogP contribution in [0.3, 0.4) is 0 Å². The van der Waals surface area contributed by atoms with Crippen molar-refractivity contribution in [2.24, 2.45) is 0 Å². The van der Waals surface area contributed by atoms with E-state index in [9.17, 15) is 0 Å². The first kappa shape index (κ1) is 15.7. The lowest BCUT2D eigenvalue weighted by molar-refractivity contribution is 0.266. The second-order valence-corrected chi connectivity index (χ2v) is 5.39. The molecular weight excluding hydrogens is 284 g/mol. The van der Waals surface area contributed by atoms with Crippen LogP contribution in [0.4, 0.5) is 5.69 Å². The van der Waals surface area contributed by atoms with Crippen molar-refractivity contribution in [3.63, 3.8) is 0 Å². The molecule has 0 bridgehead atoms. The molecule has 0 aliphatic carbocycles. The summed E-state index contributed by atoms with van der Waals surface area (Å²) in [5.74, 6) is 0.860. The minimum Gasteiger partial charge on any atom is -0.496 e. The fourth-order valence-electron chi connectivity index (χ4n) is 2.31. The number of rotatable bonds is 6. The molecule has 0 fully saturated rings. The van der Waals surface area contributed by atoms with E-state index in [-0.39, 0.29) is 0 Å². The molecule has 0 radical (unpaired) electrons. The van der Waals surface area contributed by atoms with Crippen LogP contribution in [0, 0.1) is 0 Å². The molecule has 0 saturated carbocycles. The van der Waals surface area contributed by atoms with Crippen molar-refractivity contribution >= 4 is 17.3 Å². The number of hydrogen-bond donors (Lipinski definition) is 1. The monoisotopic (exact) mass is 304 g/mol. The molecule has 0 spiro atoms. The van der Waals surface area contributed by atoms with Crippen molar-refractivity contribution in [2.75, 3.05) is 19.4 Å². The average Bonchev–Trinajstić information content (AvgIpc) is 2.49. The molecule has 2 aromatic rings. The zero-order valence-corrected chi connectivity index (χ0v) is 13.2. The highest BCUT2D eigenvalue weighted by atomic mass is 35.5. The van der Waals surface area contributed by atoms with Gasteiger partial charge in [0.2, 0.25) is 0 Å². The van der Waals surface area contributed by atoms with E-state index in [2.05, 4.69) is 17.9 Å². The van der Waals surface area contributed by atoms with Gasteiger partial charge in [-0.05, 0) is 36.4 Å². The van der Waals surface area contributed by atoms with Crippen LogP contribution in [0.1, 0.15) is 18.1 Å². The minimum atomic E-state index is 0.723. The van der Waals surface area contributed by atoms with Gasteiger partial charge in [-0.25, -0.2) is 0 Å². The van der Waals surface area contributed by atoms with Gasteiger partial charge >= 0.3 is 0 Å². The highest BCUT2D eigenvalue weighted by molar-refractivity contribution is 6.30. The van der Waals surface area contributed by atoms with Gasteiger partial charge in [0.15, 0.2) is 0 Å². The normalized spacial score (nSPS) is 10.9. The second kappa shape index (κ2) is 7.34. The van der Waals surface area contributed by atoms with E-state index in [0.717, 1.165) is 47.2 Å². The average molecular weight is 305 g/mol. The van der Waals surface area contributed by atoms with Gasteiger partial charge in [0.1, 0.15) is 5.75 Å². The molecule has 0 aromatic heterocycles. The van der Waals surface area contributed by atoms with Crippen molar-refractivity contribution in [3.8, 4) is 5.75 Å². The van der Waals surface area contributed by atoms with Gasteiger partial charge in [0, 0.05) is 29.4 Å². The van der Waals surface area contributed by atoms with E-state index >= 15 is 0 Å². The summed E-state index contributed by atoms with van der Waals surface area (Å²) in [5.41, 5.74) is 9.08. The predicted molar refractivity (Wildman–Crippen MR) is 88.6 cm³/mol. The summed E-state index contributed by atoms with van der Waals surface area (Å²) in [6.07, 6.45) is 0. The molecular formula is C17H21ClN2O. The lowest BCUT2D eigenvalue weighted by Gasteiger charge is -2.22. The standard InChI is InChI=1S/C17H21ClN2O/c1-3-20(11-13-6-4-5-7-16(13)19)12-14-10-15(18)8-9-17(14)21-2/h4-10H,3,11-12,19H2,1-2H3. The molecule has 0 atom stereocenters. The summed E-state index contributed by atoms with van der Waals surface area (Å²) in [6.45, 7) is 4.63. The third-order valence-electron chi connectivity index (χ3n) is 3.53. The van der Waals surface area contributed by atoms with Gasteiger partial charge in [-0.2, -0.15) is 0 Å². The number of halogens is 1. The highest BCUT2D eigenvalue weighted by Gasteiger charge is 2.11. The van der Waals surface area contributed by atoms with Gasteiger partial charge in [-0.15, -0.1) is 0 Å². The van der Waals surface area contributed by atoms with E-state index in [0.29, 0.717) is 0 Å². The Bertz CT molecular complexity index is 601. The fraction of sp³-hybridized carbons (Fsp3) is 0.294. The van der Waals surface area contributed by atoms with Crippen LogP contribution in [0.5, 0.6) is 5.75 Å². The van der Waals surface area contributed by atoms with Crippen molar-refractivity contribution in [1.29, 1.82) is 0 Å². The number of nitrogen functional groups attached to an aromatic ring is 1. The fourth-order valence-corrected chi connectivity index (χ4v) is 2.50. The molecule has 4 heteroatoms. The molecule has 0 aliphatic rings. The maximum atomic E-state index is 6.09. The molecule has 0 heterocycles. The highest BCUT2D eigenvalue weighted by Crippen LogP contribution is 2.25. The Hall–Kier alpha value is -1.71. The Balaban J connectivity index is 2.16. The first-order chi connectivity index (χ1) is 10.1. The van der Waals surface area contributed by atoms with Gasteiger partial charge < -0.3 is 10.5 Å². The molecule has 112 valence electrons. The second-order valence-electron chi connectivity index (χ2n) is 4.96. The summed E-state index contributed by atoms with van der Waals surface area (Å²) in [5, 5.41) is 0.723. The van der Waals surface area contributed by atoms with Crippen molar-refractivity contribution in [2.45, 2.75) is 20.0 Å². The van der Waals surface area contributed by atoms with Gasteiger partial charge in [0.25, 0.3) is 0 Å². The number of benzene rings is 2. The predicted octanol–water partition coefficient (Wildman–Crippen LogP) is 3.95. The smallest absolute Gasteiger partial charge is 0.123 e. The quantitative estimate of drug-likeness (QED) is 0.821. The van der Waals surface area contributed by atoms with E-state index in [4.69, 9.17) is 22.1 Å². The van der Waals surface area contributed by atoms with E-state index in [1.54, 1.807) is 7.11 Å². The zero-order valence-electron chi connectivity index (χ0n) is 12.5. The van der Waals surface area contributed by atoms with Crippen LogP contribution in [-0.4, -0.2) is 18.6 Å². The zero-order chi connectivity index (χ0) is 15.2. The van der Waals surface area contributed by atoms with Crippen LogP contribution in [0.25, 0.3) is 0 Å². The third-order valence-corrected chi connectivity index (χ3v) is 3.77. The van der Waals surface area contributed by atoms with Crippen molar-refractivity contribution < 1.29 is 4.74 Å². The summed E-state index contributed by atoms with van der Waals surface area (Å²) >= 11 is 6.09. The van der Waals surface area contributed by atoms with Gasteiger partial charge in [-0.3, -0.25) is 4.90 Å². The van der Waals surface area contributed by atoms with Crippen molar-refractivity contribution in [3.05, 3.63) is 58.6 Å². The van der Waals surface area contributed by atoms with E-state index in [1.165, 1.54) is 0 Å². The van der Waals surface area contributed by atoms with Crippen LogP contribution < -0.4 is 10.5 Å². The molecule has 21 heavy (non-hydrogen) atoms. The maximum Gasteiger partial charge on any atom is 0.123 e. The molecule has 2 N–H and O–H groups in total. The summed E-state index contributed by atoms with van der Waals surface area (Å²) in [6, 6.07) is 13.7. The summed E-state index contributed by atoms with van der Waals surface area (Å²) in [4.78, 5) is 2.31. The number of para-hydroxylation sites is 1. The largest absolute Gasteiger partial charge is 0.496 e. The van der Waals surface area contributed by atoms with Crippen molar-refractivity contribution in [1.82, 2.24) is 4.90 Å². The Kier molecular flexibility index (Phi) is 5.48. The molecule has 0 saturated heterocycles. The Labute approximate surface area is 131 Å². The third kappa shape index (κ3) is 4.13. The Morgan fingerprint density at radius 1 is 1.10 bits per heavy atom. The molecule has 2 rings (SSSR count). The number of methoxy groups -OCH3 is 1. The van der Waals surface area contributed by atoms with Crippen LogP contribution in [0.15, 0.2) is 42.5 Å². The Morgan fingerprint density at radius 3 is 2.48 bits per heavy atom. The number of anilines is 1. The summed E-state index contributed by atoms with van der Waals surface area (Å²) in [7, 11) is 1.68. The SMILES string of the molecule is CCN(Cc1ccccc1N)Cc1cc(Cl)ccc1OC. The number of ether oxygens (including phenoxy) is 1. The summed E-state index contributed by atoms with van der Waals surface area (Å²) < 4.78 is 5.41. The molecule has 3 nitrogen and oxygen atoms in total. The van der Waals surface area contributed by atoms with Gasteiger partial charge in [-0.1, -0.05) is 36.7 Å². The first-order valence-corrected chi connectivity index (χ1v) is 7.40. The number of hydrogen-bond acceptors (Lipinski definition) is 3.